The third-order valence-corrected chi connectivity index (χ3v) is 7.68. The lowest BCUT2D eigenvalue weighted by atomic mass is 9.85. The number of anilines is 1. The lowest BCUT2D eigenvalue weighted by molar-refractivity contribution is -0.137. The summed E-state index contributed by atoms with van der Waals surface area (Å²) in [4.78, 5) is 45.4. The third kappa shape index (κ3) is 5.00. The smallest absolute Gasteiger partial charge is 0.257 e. The molecule has 0 aliphatic carbocycles. The second kappa shape index (κ2) is 10.8. The number of benzene rings is 2. The lowest BCUT2D eigenvalue weighted by Crippen LogP contribution is -2.57. The highest BCUT2D eigenvalue weighted by molar-refractivity contribution is 5.99. The maximum absolute atomic E-state index is 13.9. The first-order valence-corrected chi connectivity index (χ1v) is 12.9. The Labute approximate surface area is 217 Å². The average molecular weight is 507 g/mol. The summed E-state index contributed by atoms with van der Waals surface area (Å²) >= 11 is 0. The second-order valence-electron chi connectivity index (χ2n) is 9.87. The standard InChI is InChI=1S/C28H34N4O5/c1-36-24-12-6-5-11-23(24)26(34)30-15-13-28(14-16-30)27(35)31(20-32(28)21-8-3-2-4-9-21)19-25(33)29-18-22-10-7-17-37-22/h2-6,8-9,11-12,22H,7,10,13-20H2,1H3,(H,29,33). The van der Waals surface area contributed by atoms with Crippen molar-refractivity contribution in [2.45, 2.75) is 37.3 Å². The van der Waals surface area contributed by atoms with Gasteiger partial charge in [0.05, 0.1) is 25.4 Å². The van der Waals surface area contributed by atoms with E-state index in [1.165, 1.54) is 0 Å². The first-order chi connectivity index (χ1) is 18.0. The van der Waals surface area contributed by atoms with Crippen LogP contribution in [-0.4, -0.2) is 85.7 Å². The number of carbonyl (C=O) groups excluding carboxylic acids is 3. The lowest BCUT2D eigenvalue weighted by Gasteiger charge is -2.43. The monoisotopic (exact) mass is 506 g/mol. The molecule has 3 saturated heterocycles. The summed E-state index contributed by atoms with van der Waals surface area (Å²) in [5, 5.41) is 2.93. The zero-order chi connectivity index (χ0) is 25.8. The van der Waals surface area contributed by atoms with Gasteiger partial charge in [0, 0.05) is 31.9 Å². The first-order valence-electron chi connectivity index (χ1n) is 12.9. The number of nitrogens with zero attached hydrogens (tertiary/aromatic N) is 3. The van der Waals surface area contributed by atoms with Gasteiger partial charge >= 0.3 is 0 Å². The van der Waals surface area contributed by atoms with Crippen molar-refractivity contribution < 1.29 is 23.9 Å². The van der Waals surface area contributed by atoms with Crippen LogP contribution in [0.25, 0.3) is 0 Å². The van der Waals surface area contributed by atoms with Crippen LogP contribution in [0, 0.1) is 0 Å². The van der Waals surface area contributed by atoms with Crippen molar-refractivity contribution in [3.63, 3.8) is 0 Å². The summed E-state index contributed by atoms with van der Waals surface area (Å²) in [7, 11) is 1.55. The summed E-state index contributed by atoms with van der Waals surface area (Å²) in [6.45, 7) is 2.40. The number of carbonyl (C=O) groups is 3. The molecule has 1 spiro atoms. The van der Waals surface area contributed by atoms with Crippen LogP contribution in [-0.2, 0) is 14.3 Å². The Balaban J connectivity index is 1.30. The van der Waals surface area contributed by atoms with Crippen molar-refractivity contribution in [1.82, 2.24) is 15.1 Å². The zero-order valence-corrected chi connectivity index (χ0v) is 21.2. The van der Waals surface area contributed by atoms with Gasteiger partial charge < -0.3 is 29.5 Å². The minimum Gasteiger partial charge on any atom is -0.496 e. The molecule has 3 aliphatic heterocycles. The number of hydrogen-bond donors (Lipinski definition) is 1. The van der Waals surface area contributed by atoms with Gasteiger partial charge in [-0.25, -0.2) is 0 Å². The largest absolute Gasteiger partial charge is 0.496 e. The van der Waals surface area contributed by atoms with E-state index in [1.807, 2.05) is 42.5 Å². The normalized spacial score (nSPS) is 20.9. The molecule has 3 amide bonds. The van der Waals surface area contributed by atoms with Crippen LogP contribution in [0.1, 0.15) is 36.0 Å². The van der Waals surface area contributed by atoms with Crippen molar-refractivity contribution in [2.24, 2.45) is 0 Å². The highest BCUT2D eigenvalue weighted by Gasteiger charge is 2.54. The molecule has 3 heterocycles. The van der Waals surface area contributed by atoms with Crippen molar-refractivity contribution in [2.75, 3.05) is 51.5 Å². The average Bonchev–Trinajstić information content (AvgIpc) is 3.55. The molecule has 1 unspecified atom stereocenters. The molecule has 1 atom stereocenters. The predicted molar refractivity (Wildman–Crippen MR) is 138 cm³/mol. The summed E-state index contributed by atoms with van der Waals surface area (Å²) in [6, 6.07) is 17.0. The molecule has 3 fully saturated rings. The molecule has 1 N–H and O–H groups in total. The van der Waals surface area contributed by atoms with Gasteiger partial charge in [-0.1, -0.05) is 30.3 Å². The molecule has 196 valence electrons. The number of methoxy groups -OCH3 is 1. The van der Waals surface area contributed by atoms with Gasteiger partial charge in [-0.3, -0.25) is 14.4 Å². The number of amides is 3. The van der Waals surface area contributed by atoms with Gasteiger partial charge in [-0.05, 0) is 49.9 Å². The Bertz CT molecular complexity index is 1130. The number of piperidine rings is 1. The molecular weight excluding hydrogens is 472 g/mol. The SMILES string of the molecule is COc1ccccc1C(=O)N1CCC2(CC1)C(=O)N(CC(=O)NCC1CCCO1)CN2c1ccccc1. The van der Waals surface area contributed by atoms with Crippen LogP contribution in [0.15, 0.2) is 54.6 Å². The number of para-hydroxylation sites is 2. The fraction of sp³-hybridized carbons (Fsp3) is 0.464. The van der Waals surface area contributed by atoms with Crippen LogP contribution < -0.4 is 15.0 Å². The molecule has 0 saturated carbocycles. The summed E-state index contributed by atoms with van der Waals surface area (Å²) in [5.74, 6) is 0.191. The Morgan fingerprint density at radius 3 is 2.51 bits per heavy atom. The quantitative estimate of drug-likeness (QED) is 0.620. The van der Waals surface area contributed by atoms with Gasteiger partial charge in [-0.15, -0.1) is 0 Å². The molecule has 9 heteroatoms. The van der Waals surface area contributed by atoms with Crippen LogP contribution in [0.2, 0.25) is 0 Å². The Hall–Kier alpha value is -3.59. The molecule has 9 nitrogen and oxygen atoms in total. The number of rotatable bonds is 7. The third-order valence-electron chi connectivity index (χ3n) is 7.68. The molecule has 37 heavy (non-hydrogen) atoms. The van der Waals surface area contributed by atoms with Gasteiger partial charge in [0.1, 0.15) is 17.8 Å². The second-order valence-corrected chi connectivity index (χ2v) is 9.87. The van der Waals surface area contributed by atoms with Crippen LogP contribution in [0.3, 0.4) is 0 Å². The van der Waals surface area contributed by atoms with E-state index in [9.17, 15) is 14.4 Å². The molecule has 3 aliphatic rings. The molecule has 0 bridgehead atoms. The number of ether oxygens (including phenoxy) is 2. The van der Waals surface area contributed by atoms with E-state index in [-0.39, 0.29) is 30.4 Å². The first kappa shape index (κ1) is 25.1. The van der Waals surface area contributed by atoms with Gasteiger partial charge in [-0.2, -0.15) is 0 Å². The summed E-state index contributed by atoms with van der Waals surface area (Å²) in [5.41, 5.74) is 0.652. The highest BCUT2D eigenvalue weighted by Crippen LogP contribution is 2.40. The van der Waals surface area contributed by atoms with Crippen LogP contribution in [0.5, 0.6) is 5.75 Å². The molecule has 5 rings (SSSR count). The van der Waals surface area contributed by atoms with E-state index in [1.54, 1.807) is 29.0 Å². The van der Waals surface area contributed by atoms with E-state index >= 15 is 0 Å². The molecule has 0 aromatic heterocycles. The van der Waals surface area contributed by atoms with Crippen molar-refractivity contribution >= 4 is 23.4 Å². The van der Waals surface area contributed by atoms with Crippen molar-refractivity contribution in [3.8, 4) is 5.75 Å². The Morgan fingerprint density at radius 2 is 1.81 bits per heavy atom. The fourth-order valence-corrected chi connectivity index (χ4v) is 5.66. The van der Waals surface area contributed by atoms with Crippen LogP contribution in [0.4, 0.5) is 5.69 Å². The maximum atomic E-state index is 13.9. The molecule has 0 radical (unpaired) electrons. The molecular formula is C28H34N4O5. The topological polar surface area (TPSA) is 91.4 Å². The summed E-state index contributed by atoms with van der Waals surface area (Å²) in [6.07, 6.45) is 2.97. The van der Waals surface area contributed by atoms with E-state index in [0.29, 0.717) is 50.5 Å². The van der Waals surface area contributed by atoms with E-state index in [4.69, 9.17) is 9.47 Å². The van der Waals surface area contributed by atoms with Crippen molar-refractivity contribution in [3.05, 3.63) is 60.2 Å². The minimum absolute atomic E-state index is 0.000492. The number of hydrogen-bond acceptors (Lipinski definition) is 6. The summed E-state index contributed by atoms with van der Waals surface area (Å²) < 4.78 is 11.0. The number of likely N-dealkylation sites (tertiary alicyclic amines) is 1. The zero-order valence-electron chi connectivity index (χ0n) is 21.2. The maximum Gasteiger partial charge on any atom is 0.257 e. The Morgan fingerprint density at radius 1 is 1.08 bits per heavy atom. The predicted octanol–water partition coefficient (Wildman–Crippen LogP) is 2.27. The number of nitrogens with one attached hydrogen (secondary N) is 1. The van der Waals surface area contributed by atoms with Gasteiger partial charge in [0.25, 0.3) is 11.8 Å². The fourth-order valence-electron chi connectivity index (χ4n) is 5.66. The van der Waals surface area contributed by atoms with Gasteiger partial charge in [0.2, 0.25) is 5.91 Å². The molecule has 2 aromatic carbocycles. The van der Waals surface area contributed by atoms with Gasteiger partial charge in [0.15, 0.2) is 0 Å². The van der Waals surface area contributed by atoms with E-state index in [0.717, 1.165) is 25.1 Å². The van der Waals surface area contributed by atoms with E-state index in [2.05, 4.69) is 10.2 Å². The minimum atomic E-state index is -0.798. The Kier molecular flexibility index (Phi) is 7.32. The van der Waals surface area contributed by atoms with Crippen LogP contribution >= 0.6 is 0 Å². The molecule has 2 aromatic rings. The highest BCUT2D eigenvalue weighted by atomic mass is 16.5. The van der Waals surface area contributed by atoms with E-state index < -0.39 is 5.54 Å². The van der Waals surface area contributed by atoms with Crippen molar-refractivity contribution in [1.29, 1.82) is 0 Å².